The molecule has 15 heavy (non-hydrogen) atoms. The number of rotatable bonds is 0. The summed E-state index contributed by atoms with van der Waals surface area (Å²) in [5.74, 6) is 0.756. The average molecular weight is 199 g/mol. The number of pyridine rings is 1. The molecule has 0 radical (unpaired) electrons. The van der Waals surface area contributed by atoms with Crippen LogP contribution in [-0.4, -0.2) is 4.98 Å². The van der Waals surface area contributed by atoms with Gasteiger partial charge in [0.2, 0.25) is 0 Å². The van der Waals surface area contributed by atoms with Crippen LogP contribution in [0.4, 0.5) is 0 Å². The van der Waals surface area contributed by atoms with Crippen LogP contribution in [0.25, 0.3) is 21.9 Å². The Hall–Kier alpha value is -2.03. The maximum absolute atomic E-state index is 11.7. The van der Waals surface area contributed by atoms with E-state index < -0.39 is 0 Å². The Bertz CT molecular complexity index is 706. The summed E-state index contributed by atoms with van der Waals surface area (Å²) in [7, 11) is 0. The summed E-state index contributed by atoms with van der Waals surface area (Å²) >= 11 is 0. The highest BCUT2D eigenvalue weighted by atomic mass is 16.3. The second-order valence-electron chi connectivity index (χ2n) is 3.60. The fourth-order valence-electron chi connectivity index (χ4n) is 1.86. The number of para-hydroxylation sites is 1. The Morgan fingerprint density at radius 2 is 2.00 bits per heavy atom. The minimum absolute atomic E-state index is 0.0967. The standard InChI is InChI=1S/C12H9NO2/c1-7-6-9-11(15-7)8-4-2-3-5-10(8)13-12(9)14/h2-6H,1H3,(H,13,14). The molecule has 2 aromatic heterocycles. The average Bonchev–Trinajstić information content (AvgIpc) is 2.61. The van der Waals surface area contributed by atoms with Crippen molar-refractivity contribution in [2.75, 3.05) is 0 Å². The molecule has 0 saturated heterocycles. The SMILES string of the molecule is Cc1cc2c(=O)[nH]c3ccccc3c2o1. The zero-order chi connectivity index (χ0) is 10.4. The zero-order valence-electron chi connectivity index (χ0n) is 8.20. The molecule has 0 saturated carbocycles. The topological polar surface area (TPSA) is 46.0 Å². The molecule has 0 unspecified atom stereocenters. The van der Waals surface area contributed by atoms with E-state index in [1.807, 2.05) is 31.2 Å². The van der Waals surface area contributed by atoms with Crippen molar-refractivity contribution >= 4 is 21.9 Å². The van der Waals surface area contributed by atoms with E-state index in [1.165, 1.54) is 0 Å². The Kier molecular flexibility index (Phi) is 1.51. The van der Waals surface area contributed by atoms with Gasteiger partial charge < -0.3 is 9.40 Å². The minimum Gasteiger partial charge on any atom is -0.460 e. The van der Waals surface area contributed by atoms with Crippen molar-refractivity contribution in [1.82, 2.24) is 4.98 Å². The molecule has 2 heterocycles. The van der Waals surface area contributed by atoms with Crippen LogP contribution in [-0.2, 0) is 0 Å². The summed E-state index contributed by atoms with van der Waals surface area (Å²) < 4.78 is 5.54. The van der Waals surface area contributed by atoms with Gasteiger partial charge in [0.15, 0.2) is 0 Å². The van der Waals surface area contributed by atoms with Crippen molar-refractivity contribution in [3.8, 4) is 0 Å². The molecular formula is C12H9NO2. The van der Waals surface area contributed by atoms with Gasteiger partial charge in [0.05, 0.1) is 10.9 Å². The fraction of sp³-hybridized carbons (Fsp3) is 0.0833. The van der Waals surface area contributed by atoms with Gasteiger partial charge in [-0.3, -0.25) is 4.79 Å². The van der Waals surface area contributed by atoms with Crippen LogP contribution in [0.15, 0.2) is 39.5 Å². The Morgan fingerprint density at radius 3 is 2.87 bits per heavy atom. The van der Waals surface area contributed by atoms with Crippen molar-refractivity contribution in [2.45, 2.75) is 6.92 Å². The molecule has 1 aromatic carbocycles. The molecule has 0 spiro atoms. The number of furan rings is 1. The summed E-state index contributed by atoms with van der Waals surface area (Å²) in [6.07, 6.45) is 0. The van der Waals surface area contributed by atoms with Crippen LogP contribution < -0.4 is 5.56 Å². The molecule has 3 rings (SSSR count). The molecule has 0 bridgehead atoms. The third kappa shape index (κ3) is 1.09. The molecule has 3 nitrogen and oxygen atoms in total. The van der Waals surface area contributed by atoms with Crippen molar-refractivity contribution < 1.29 is 4.42 Å². The molecule has 3 heteroatoms. The van der Waals surface area contributed by atoms with Gasteiger partial charge >= 0.3 is 0 Å². The van der Waals surface area contributed by atoms with E-state index >= 15 is 0 Å². The van der Waals surface area contributed by atoms with Gasteiger partial charge in [-0.15, -0.1) is 0 Å². The first kappa shape index (κ1) is 8.29. The second-order valence-corrected chi connectivity index (χ2v) is 3.60. The largest absolute Gasteiger partial charge is 0.460 e. The lowest BCUT2D eigenvalue weighted by molar-refractivity contribution is 0.581. The summed E-state index contributed by atoms with van der Waals surface area (Å²) in [6.45, 7) is 1.84. The number of hydrogen-bond acceptors (Lipinski definition) is 2. The summed E-state index contributed by atoms with van der Waals surface area (Å²) in [5, 5.41) is 1.56. The van der Waals surface area contributed by atoms with Crippen molar-refractivity contribution in [1.29, 1.82) is 0 Å². The van der Waals surface area contributed by atoms with Gasteiger partial charge in [-0.05, 0) is 25.1 Å². The molecule has 0 aliphatic carbocycles. The van der Waals surface area contributed by atoms with Crippen molar-refractivity contribution in [3.63, 3.8) is 0 Å². The molecule has 3 aromatic rings. The van der Waals surface area contributed by atoms with Gasteiger partial charge in [-0.25, -0.2) is 0 Å². The van der Waals surface area contributed by atoms with E-state index in [0.717, 1.165) is 16.7 Å². The monoisotopic (exact) mass is 199 g/mol. The number of fused-ring (bicyclic) bond motifs is 3. The highest BCUT2D eigenvalue weighted by Gasteiger charge is 2.08. The number of aromatic amines is 1. The number of aryl methyl sites for hydroxylation is 1. The van der Waals surface area contributed by atoms with E-state index in [-0.39, 0.29) is 5.56 Å². The third-order valence-corrected chi connectivity index (χ3v) is 2.52. The van der Waals surface area contributed by atoms with Gasteiger partial charge in [0.1, 0.15) is 11.3 Å². The molecule has 0 atom stereocenters. The van der Waals surface area contributed by atoms with Crippen LogP contribution in [0.2, 0.25) is 0 Å². The summed E-state index contributed by atoms with van der Waals surface area (Å²) in [6, 6.07) is 9.39. The molecule has 0 amide bonds. The Morgan fingerprint density at radius 1 is 1.20 bits per heavy atom. The number of benzene rings is 1. The maximum Gasteiger partial charge on any atom is 0.259 e. The second kappa shape index (κ2) is 2.73. The van der Waals surface area contributed by atoms with Crippen molar-refractivity contribution in [2.24, 2.45) is 0 Å². The molecule has 0 aliphatic heterocycles. The lowest BCUT2D eigenvalue weighted by atomic mass is 10.2. The zero-order valence-corrected chi connectivity index (χ0v) is 8.20. The van der Waals surface area contributed by atoms with Crippen molar-refractivity contribution in [3.05, 3.63) is 46.4 Å². The Balaban J connectivity index is 2.69. The molecule has 0 fully saturated rings. The highest BCUT2D eigenvalue weighted by molar-refractivity contribution is 6.01. The van der Waals surface area contributed by atoms with E-state index in [2.05, 4.69) is 4.98 Å². The third-order valence-electron chi connectivity index (χ3n) is 2.52. The summed E-state index contributed by atoms with van der Waals surface area (Å²) in [5.41, 5.74) is 1.39. The van der Waals surface area contributed by atoms with Gasteiger partial charge in [-0.2, -0.15) is 0 Å². The highest BCUT2D eigenvalue weighted by Crippen LogP contribution is 2.23. The predicted molar refractivity (Wildman–Crippen MR) is 59.1 cm³/mol. The first-order valence-electron chi connectivity index (χ1n) is 4.77. The van der Waals surface area contributed by atoms with Crippen LogP contribution in [0.5, 0.6) is 0 Å². The Labute approximate surface area is 85.3 Å². The number of nitrogens with one attached hydrogen (secondary N) is 1. The van der Waals surface area contributed by atoms with E-state index in [4.69, 9.17) is 4.42 Å². The van der Waals surface area contributed by atoms with Gasteiger partial charge in [-0.1, -0.05) is 12.1 Å². The first-order chi connectivity index (χ1) is 7.25. The van der Waals surface area contributed by atoms with E-state index in [9.17, 15) is 4.79 Å². The quantitative estimate of drug-likeness (QED) is 0.604. The molecular weight excluding hydrogens is 190 g/mol. The summed E-state index contributed by atoms with van der Waals surface area (Å²) in [4.78, 5) is 14.5. The first-order valence-corrected chi connectivity index (χ1v) is 4.77. The molecule has 74 valence electrons. The van der Waals surface area contributed by atoms with Gasteiger partial charge in [0, 0.05) is 5.39 Å². The minimum atomic E-state index is -0.0967. The van der Waals surface area contributed by atoms with Crippen LogP contribution >= 0.6 is 0 Å². The van der Waals surface area contributed by atoms with Crippen LogP contribution in [0.3, 0.4) is 0 Å². The van der Waals surface area contributed by atoms with E-state index in [0.29, 0.717) is 11.0 Å². The smallest absolute Gasteiger partial charge is 0.259 e. The number of hydrogen-bond donors (Lipinski definition) is 1. The van der Waals surface area contributed by atoms with Crippen LogP contribution in [0, 0.1) is 6.92 Å². The normalized spacial score (nSPS) is 11.3. The van der Waals surface area contributed by atoms with E-state index in [1.54, 1.807) is 6.07 Å². The fourth-order valence-corrected chi connectivity index (χ4v) is 1.86. The molecule has 1 N–H and O–H groups in total. The predicted octanol–water partition coefficient (Wildman–Crippen LogP) is 2.58. The lowest BCUT2D eigenvalue weighted by Crippen LogP contribution is -2.04. The van der Waals surface area contributed by atoms with Crippen LogP contribution in [0.1, 0.15) is 5.76 Å². The maximum atomic E-state index is 11.7. The van der Waals surface area contributed by atoms with Gasteiger partial charge in [0.25, 0.3) is 5.56 Å². The number of H-pyrrole nitrogens is 1. The molecule has 0 aliphatic rings. The lowest BCUT2D eigenvalue weighted by Gasteiger charge is -1.96. The number of aromatic nitrogens is 1.